The van der Waals surface area contributed by atoms with E-state index in [0.717, 1.165) is 10.5 Å². The molecule has 0 aliphatic carbocycles. The van der Waals surface area contributed by atoms with E-state index in [1.54, 1.807) is 36.9 Å². The minimum Gasteiger partial charge on any atom is -0.289 e. The number of aryl methyl sites for hydroxylation is 1. The molecule has 2 aromatic rings. The molecule has 0 radical (unpaired) electrons. The van der Waals surface area contributed by atoms with Crippen LogP contribution in [0.15, 0.2) is 53.4 Å². The molecule has 0 aliphatic rings. The van der Waals surface area contributed by atoms with Gasteiger partial charge in [-0.15, -0.1) is 11.8 Å². The zero-order valence-corrected chi connectivity index (χ0v) is 13.1. The topological polar surface area (TPSA) is 60.2 Å². The number of benzene rings is 2. The minimum absolute atomic E-state index is 0.0384. The highest BCUT2D eigenvalue weighted by molar-refractivity contribution is 7.98. The summed E-state index contributed by atoms with van der Waals surface area (Å²) >= 11 is 1.65. The van der Waals surface area contributed by atoms with Crippen LogP contribution in [-0.2, 0) is 0 Å². The lowest BCUT2D eigenvalue weighted by Crippen LogP contribution is -1.98. The maximum Gasteiger partial charge on any atom is 0.273 e. The van der Waals surface area contributed by atoms with Crippen molar-refractivity contribution in [1.29, 1.82) is 0 Å². The zero-order chi connectivity index (χ0) is 16.1. The van der Waals surface area contributed by atoms with Crippen LogP contribution in [0.1, 0.15) is 21.5 Å². The Hall–Kier alpha value is -2.40. The maximum atomic E-state index is 12.1. The van der Waals surface area contributed by atoms with Crippen LogP contribution in [0.2, 0.25) is 0 Å². The van der Waals surface area contributed by atoms with Gasteiger partial charge in [0, 0.05) is 22.1 Å². The fraction of sp³-hybridized carbons (Fsp3) is 0.118. The van der Waals surface area contributed by atoms with E-state index < -0.39 is 4.92 Å². The van der Waals surface area contributed by atoms with Gasteiger partial charge in [0.1, 0.15) is 0 Å². The van der Waals surface area contributed by atoms with Crippen molar-refractivity contribution >= 4 is 29.3 Å². The molecular formula is C17H15NO3S. The van der Waals surface area contributed by atoms with E-state index in [1.807, 2.05) is 30.5 Å². The number of hydrogen-bond donors (Lipinski definition) is 0. The molecule has 2 rings (SSSR count). The molecule has 0 spiro atoms. The van der Waals surface area contributed by atoms with Gasteiger partial charge in [0.15, 0.2) is 5.78 Å². The van der Waals surface area contributed by atoms with Gasteiger partial charge in [-0.3, -0.25) is 14.9 Å². The Morgan fingerprint density at radius 2 is 1.86 bits per heavy atom. The molecule has 0 atom stereocenters. The Balaban J connectivity index is 2.19. The summed E-state index contributed by atoms with van der Waals surface area (Å²) in [6, 6.07) is 12.3. The summed E-state index contributed by atoms with van der Waals surface area (Å²) in [5.74, 6) is -0.253. The molecule has 22 heavy (non-hydrogen) atoms. The first kappa shape index (κ1) is 16.0. The zero-order valence-electron chi connectivity index (χ0n) is 12.3. The third-order valence-electron chi connectivity index (χ3n) is 3.23. The molecule has 0 aliphatic heterocycles. The van der Waals surface area contributed by atoms with Crippen LogP contribution in [-0.4, -0.2) is 17.0 Å². The maximum absolute atomic E-state index is 12.1. The molecule has 112 valence electrons. The molecule has 0 aromatic heterocycles. The summed E-state index contributed by atoms with van der Waals surface area (Å²) in [6.45, 7) is 1.65. The lowest BCUT2D eigenvalue weighted by atomic mass is 10.1. The largest absolute Gasteiger partial charge is 0.289 e. The highest BCUT2D eigenvalue weighted by atomic mass is 32.2. The molecule has 0 amide bonds. The first-order valence-electron chi connectivity index (χ1n) is 6.63. The van der Waals surface area contributed by atoms with Crippen LogP contribution in [0.5, 0.6) is 0 Å². The minimum atomic E-state index is -0.475. The van der Waals surface area contributed by atoms with Crippen LogP contribution in [0.4, 0.5) is 5.69 Å². The number of carbonyl (C=O) groups excluding carboxylic acids is 1. The Labute approximate surface area is 133 Å². The summed E-state index contributed by atoms with van der Waals surface area (Å²) in [4.78, 5) is 23.7. The summed E-state index contributed by atoms with van der Waals surface area (Å²) in [5, 5.41) is 10.9. The molecule has 5 heteroatoms. The van der Waals surface area contributed by atoms with E-state index in [0.29, 0.717) is 11.1 Å². The summed E-state index contributed by atoms with van der Waals surface area (Å²) < 4.78 is 0. The second-order valence-corrected chi connectivity index (χ2v) is 5.61. The second kappa shape index (κ2) is 7.04. The van der Waals surface area contributed by atoms with Gasteiger partial charge in [0.05, 0.1) is 4.92 Å². The SMILES string of the molecule is CSc1ccc(C=CC(=O)c2ccc(C)c([N+](=O)[O-])c2)cc1. The predicted octanol–water partition coefficient (Wildman–Crippen LogP) is 4.52. The smallest absolute Gasteiger partial charge is 0.273 e. The molecule has 0 bridgehead atoms. The Kier molecular flexibility index (Phi) is 5.12. The van der Waals surface area contributed by atoms with Gasteiger partial charge in [-0.25, -0.2) is 0 Å². The number of nitro benzene ring substituents is 1. The van der Waals surface area contributed by atoms with Crippen molar-refractivity contribution in [3.05, 3.63) is 75.3 Å². The molecule has 2 aromatic carbocycles. The number of thioether (sulfide) groups is 1. The van der Waals surface area contributed by atoms with E-state index in [2.05, 4.69) is 0 Å². The molecule has 0 fully saturated rings. The second-order valence-electron chi connectivity index (χ2n) is 4.73. The van der Waals surface area contributed by atoms with Gasteiger partial charge >= 0.3 is 0 Å². The standard InChI is InChI=1S/C17H15NO3S/c1-12-3-7-14(11-16(12)18(20)21)17(19)10-6-13-4-8-15(22-2)9-5-13/h3-11H,1-2H3. The summed E-state index contributed by atoms with van der Waals surface area (Å²) in [6.07, 6.45) is 5.14. The molecular weight excluding hydrogens is 298 g/mol. The van der Waals surface area contributed by atoms with Crippen molar-refractivity contribution < 1.29 is 9.72 Å². The van der Waals surface area contributed by atoms with Crippen molar-refractivity contribution in [3.63, 3.8) is 0 Å². The average molecular weight is 313 g/mol. The fourth-order valence-electron chi connectivity index (χ4n) is 1.94. The van der Waals surface area contributed by atoms with Crippen LogP contribution in [0.3, 0.4) is 0 Å². The molecule has 0 heterocycles. The quantitative estimate of drug-likeness (QED) is 0.268. The predicted molar refractivity (Wildman–Crippen MR) is 89.4 cm³/mol. The number of nitro groups is 1. The van der Waals surface area contributed by atoms with Gasteiger partial charge in [-0.2, -0.15) is 0 Å². The normalized spacial score (nSPS) is 10.8. The van der Waals surface area contributed by atoms with Crippen molar-refractivity contribution in [1.82, 2.24) is 0 Å². The number of nitrogens with zero attached hydrogens (tertiary/aromatic N) is 1. The first-order chi connectivity index (χ1) is 10.5. The number of hydrogen-bond acceptors (Lipinski definition) is 4. The lowest BCUT2D eigenvalue weighted by molar-refractivity contribution is -0.385. The Bertz CT molecular complexity index is 736. The molecule has 4 nitrogen and oxygen atoms in total. The monoisotopic (exact) mass is 313 g/mol. The number of allylic oxidation sites excluding steroid dienone is 1. The van der Waals surface area contributed by atoms with Crippen molar-refractivity contribution in [3.8, 4) is 0 Å². The first-order valence-corrected chi connectivity index (χ1v) is 7.85. The van der Waals surface area contributed by atoms with Gasteiger partial charge in [0.2, 0.25) is 0 Å². The lowest BCUT2D eigenvalue weighted by Gasteiger charge is -2.00. The van der Waals surface area contributed by atoms with Crippen LogP contribution >= 0.6 is 11.8 Å². The van der Waals surface area contributed by atoms with Crippen LogP contribution in [0, 0.1) is 17.0 Å². The average Bonchev–Trinajstić information content (AvgIpc) is 2.53. The van der Waals surface area contributed by atoms with E-state index in [1.165, 1.54) is 12.1 Å². The van der Waals surface area contributed by atoms with Crippen molar-refractivity contribution in [2.45, 2.75) is 11.8 Å². The third kappa shape index (κ3) is 3.83. The summed E-state index contributed by atoms with van der Waals surface area (Å²) in [5.41, 5.74) is 1.73. The third-order valence-corrected chi connectivity index (χ3v) is 3.98. The highest BCUT2D eigenvalue weighted by Gasteiger charge is 2.13. The number of ketones is 1. The molecule has 0 unspecified atom stereocenters. The van der Waals surface area contributed by atoms with Crippen molar-refractivity contribution in [2.75, 3.05) is 6.26 Å². The van der Waals surface area contributed by atoms with Crippen LogP contribution in [0.25, 0.3) is 6.08 Å². The number of rotatable bonds is 5. The Morgan fingerprint density at radius 3 is 2.45 bits per heavy atom. The van der Waals surface area contributed by atoms with Gasteiger partial charge in [0.25, 0.3) is 5.69 Å². The molecule has 0 saturated heterocycles. The summed E-state index contributed by atoms with van der Waals surface area (Å²) in [7, 11) is 0. The van der Waals surface area contributed by atoms with E-state index in [4.69, 9.17) is 0 Å². The fourth-order valence-corrected chi connectivity index (χ4v) is 2.35. The molecule has 0 saturated carbocycles. The van der Waals surface area contributed by atoms with Crippen molar-refractivity contribution in [2.24, 2.45) is 0 Å². The van der Waals surface area contributed by atoms with Gasteiger partial charge in [-0.05, 0) is 37.0 Å². The van der Waals surface area contributed by atoms with Crippen LogP contribution < -0.4 is 0 Å². The van der Waals surface area contributed by atoms with E-state index in [-0.39, 0.29) is 11.5 Å². The molecule has 0 N–H and O–H groups in total. The van der Waals surface area contributed by atoms with E-state index in [9.17, 15) is 14.9 Å². The van der Waals surface area contributed by atoms with Gasteiger partial charge < -0.3 is 0 Å². The van der Waals surface area contributed by atoms with Gasteiger partial charge in [-0.1, -0.05) is 30.3 Å². The Morgan fingerprint density at radius 1 is 1.18 bits per heavy atom. The van der Waals surface area contributed by atoms with E-state index >= 15 is 0 Å². The number of carbonyl (C=O) groups is 1. The highest BCUT2D eigenvalue weighted by Crippen LogP contribution is 2.20.